The Morgan fingerprint density at radius 1 is 1.33 bits per heavy atom. The van der Waals surface area contributed by atoms with E-state index in [0.717, 1.165) is 16.8 Å². The van der Waals surface area contributed by atoms with Gasteiger partial charge in [0.2, 0.25) is 10.0 Å². The molecule has 2 aromatic rings. The van der Waals surface area contributed by atoms with Gasteiger partial charge in [0.25, 0.3) is 0 Å². The molecule has 114 valence electrons. The maximum Gasteiger partial charge on any atom is 0.238 e. The molecule has 0 aliphatic carbocycles. The lowest BCUT2D eigenvalue weighted by atomic mass is 10.1. The third-order valence-corrected chi connectivity index (χ3v) is 4.57. The highest BCUT2D eigenvalue weighted by Crippen LogP contribution is 2.16. The van der Waals surface area contributed by atoms with Gasteiger partial charge in [-0.15, -0.1) is 0 Å². The van der Waals surface area contributed by atoms with Crippen molar-refractivity contribution in [2.45, 2.75) is 31.3 Å². The van der Waals surface area contributed by atoms with Gasteiger partial charge in [0.05, 0.1) is 11.1 Å². The van der Waals surface area contributed by atoms with Crippen molar-refractivity contribution in [2.75, 3.05) is 0 Å². The largest absolute Gasteiger partial charge is 0.306 e. The quantitative estimate of drug-likeness (QED) is 0.869. The number of hydrogen-bond acceptors (Lipinski definition) is 4. The summed E-state index contributed by atoms with van der Waals surface area (Å²) in [6, 6.07) is 6.69. The molecule has 7 heteroatoms. The van der Waals surface area contributed by atoms with Gasteiger partial charge < -0.3 is 5.32 Å². The van der Waals surface area contributed by atoms with Gasteiger partial charge in [0, 0.05) is 30.9 Å². The Labute approximate surface area is 125 Å². The molecule has 0 aliphatic rings. The Morgan fingerprint density at radius 3 is 2.43 bits per heavy atom. The molecule has 2 rings (SSSR count). The maximum atomic E-state index is 11.2. The van der Waals surface area contributed by atoms with Gasteiger partial charge in [-0.1, -0.05) is 12.1 Å². The van der Waals surface area contributed by atoms with Crippen LogP contribution >= 0.6 is 0 Å². The first kappa shape index (κ1) is 15.7. The smallest absolute Gasteiger partial charge is 0.238 e. The molecule has 0 saturated carbocycles. The lowest BCUT2D eigenvalue weighted by molar-refractivity contribution is 0.571. The Kier molecular flexibility index (Phi) is 4.46. The minimum Gasteiger partial charge on any atom is -0.306 e. The van der Waals surface area contributed by atoms with Gasteiger partial charge in [0.1, 0.15) is 0 Å². The molecule has 0 spiro atoms. The molecular formula is C14H20N4O2S. The number of rotatable bonds is 5. The van der Waals surface area contributed by atoms with Crippen LogP contribution in [0.25, 0.3) is 0 Å². The third-order valence-electron chi connectivity index (χ3n) is 3.64. The zero-order chi connectivity index (χ0) is 15.6. The number of benzene rings is 1. The van der Waals surface area contributed by atoms with E-state index in [1.54, 1.807) is 12.1 Å². The van der Waals surface area contributed by atoms with Crippen molar-refractivity contribution in [2.24, 2.45) is 12.2 Å². The topological polar surface area (TPSA) is 90.0 Å². The zero-order valence-corrected chi connectivity index (χ0v) is 13.2. The minimum absolute atomic E-state index is 0.0964. The van der Waals surface area contributed by atoms with Gasteiger partial charge >= 0.3 is 0 Å². The molecule has 0 saturated heterocycles. The van der Waals surface area contributed by atoms with Crippen molar-refractivity contribution >= 4 is 10.0 Å². The number of hydrogen-bond donors (Lipinski definition) is 2. The van der Waals surface area contributed by atoms with Crippen LogP contribution in [-0.4, -0.2) is 18.2 Å². The molecule has 3 N–H and O–H groups in total. The Bertz CT molecular complexity index is 720. The molecule has 0 amide bonds. The number of aryl methyl sites for hydroxylation is 1. The lowest BCUT2D eigenvalue weighted by Crippen LogP contribution is -2.19. The van der Waals surface area contributed by atoms with Gasteiger partial charge in [-0.25, -0.2) is 13.6 Å². The van der Waals surface area contributed by atoms with Gasteiger partial charge in [-0.05, 0) is 31.5 Å². The lowest BCUT2D eigenvalue weighted by Gasteiger charge is -2.14. The SMILES string of the molecule is Cc1c(CNC(C)c2ccc(S(N)(=O)=O)cc2)cnn1C. The second-order valence-corrected chi connectivity index (χ2v) is 6.66. The van der Waals surface area contributed by atoms with Crippen molar-refractivity contribution in [3.63, 3.8) is 0 Å². The molecule has 1 heterocycles. The summed E-state index contributed by atoms with van der Waals surface area (Å²) in [4.78, 5) is 0.126. The number of primary sulfonamides is 1. The number of aromatic nitrogens is 2. The average Bonchev–Trinajstić information content (AvgIpc) is 2.75. The van der Waals surface area contributed by atoms with Gasteiger partial charge in [-0.2, -0.15) is 5.10 Å². The molecule has 0 bridgehead atoms. The van der Waals surface area contributed by atoms with Crippen LogP contribution < -0.4 is 10.5 Å². The van der Waals surface area contributed by atoms with Crippen molar-refractivity contribution in [3.05, 3.63) is 47.3 Å². The first-order chi connectivity index (χ1) is 9.79. The van der Waals surface area contributed by atoms with Crippen molar-refractivity contribution < 1.29 is 8.42 Å². The third kappa shape index (κ3) is 3.69. The van der Waals surface area contributed by atoms with Crippen LogP contribution in [0.4, 0.5) is 0 Å². The first-order valence-corrected chi connectivity index (χ1v) is 8.17. The van der Waals surface area contributed by atoms with E-state index in [9.17, 15) is 8.42 Å². The van der Waals surface area contributed by atoms with Crippen LogP contribution in [0.15, 0.2) is 35.4 Å². The molecule has 21 heavy (non-hydrogen) atoms. The molecule has 6 nitrogen and oxygen atoms in total. The van der Waals surface area contributed by atoms with E-state index in [2.05, 4.69) is 10.4 Å². The standard InChI is InChI=1S/C14H20N4O2S/c1-10(16-8-13-9-17-18(3)11(13)2)12-4-6-14(7-5-12)21(15,19)20/h4-7,9-10,16H,8H2,1-3H3,(H2,15,19,20). The van der Waals surface area contributed by atoms with Crippen molar-refractivity contribution in [3.8, 4) is 0 Å². The van der Waals surface area contributed by atoms with E-state index in [0.29, 0.717) is 6.54 Å². The zero-order valence-electron chi connectivity index (χ0n) is 12.4. The van der Waals surface area contributed by atoms with E-state index in [4.69, 9.17) is 5.14 Å². The highest BCUT2D eigenvalue weighted by atomic mass is 32.2. The fourth-order valence-electron chi connectivity index (χ4n) is 2.04. The monoisotopic (exact) mass is 308 g/mol. The Hall–Kier alpha value is -1.70. The molecule has 0 aliphatic heterocycles. The van der Waals surface area contributed by atoms with Gasteiger partial charge in [-0.3, -0.25) is 4.68 Å². The second-order valence-electron chi connectivity index (χ2n) is 5.10. The first-order valence-electron chi connectivity index (χ1n) is 6.62. The summed E-state index contributed by atoms with van der Waals surface area (Å²) in [5.41, 5.74) is 3.27. The van der Waals surface area contributed by atoms with E-state index >= 15 is 0 Å². The normalized spacial score (nSPS) is 13.3. The second kappa shape index (κ2) is 5.97. The molecule has 0 radical (unpaired) electrons. The fourth-order valence-corrected chi connectivity index (χ4v) is 2.56. The van der Waals surface area contributed by atoms with Gasteiger partial charge in [0.15, 0.2) is 0 Å². The molecular weight excluding hydrogens is 288 g/mol. The fraction of sp³-hybridized carbons (Fsp3) is 0.357. The predicted molar refractivity (Wildman–Crippen MR) is 81.0 cm³/mol. The summed E-state index contributed by atoms with van der Waals surface area (Å²) in [7, 11) is -1.72. The summed E-state index contributed by atoms with van der Waals surface area (Å²) in [5, 5.41) is 12.7. The Balaban J connectivity index is 2.03. The highest BCUT2D eigenvalue weighted by Gasteiger charge is 2.11. The van der Waals surface area contributed by atoms with E-state index < -0.39 is 10.0 Å². The number of sulfonamides is 1. The number of nitrogens with zero attached hydrogens (tertiary/aromatic N) is 2. The van der Waals surface area contributed by atoms with E-state index in [1.807, 2.05) is 31.8 Å². The van der Waals surface area contributed by atoms with E-state index in [1.165, 1.54) is 12.1 Å². The summed E-state index contributed by atoms with van der Waals surface area (Å²) in [6.07, 6.45) is 1.85. The number of nitrogens with one attached hydrogen (secondary N) is 1. The molecule has 1 aromatic carbocycles. The molecule has 1 aromatic heterocycles. The van der Waals surface area contributed by atoms with Crippen molar-refractivity contribution in [1.29, 1.82) is 0 Å². The van der Waals surface area contributed by atoms with Crippen LogP contribution in [0.1, 0.15) is 29.8 Å². The van der Waals surface area contributed by atoms with E-state index in [-0.39, 0.29) is 10.9 Å². The predicted octanol–water partition coefficient (Wildman–Crippen LogP) is 1.23. The molecule has 1 atom stereocenters. The minimum atomic E-state index is -3.63. The van der Waals surface area contributed by atoms with Crippen LogP contribution in [0.3, 0.4) is 0 Å². The molecule has 1 unspecified atom stereocenters. The summed E-state index contributed by atoms with van der Waals surface area (Å²) in [5.74, 6) is 0. The van der Waals surface area contributed by atoms with Crippen LogP contribution in [-0.2, 0) is 23.6 Å². The van der Waals surface area contributed by atoms with Crippen LogP contribution in [0.5, 0.6) is 0 Å². The van der Waals surface area contributed by atoms with Crippen LogP contribution in [0.2, 0.25) is 0 Å². The number of nitrogens with two attached hydrogens (primary N) is 1. The maximum absolute atomic E-state index is 11.2. The van der Waals surface area contributed by atoms with Crippen LogP contribution in [0, 0.1) is 6.92 Å². The molecule has 0 fully saturated rings. The summed E-state index contributed by atoms with van der Waals surface area (Å²) >= 11 is 0. The highest BCUT2D eigenvalue weighted by molar-refractivity contribution is 7.89. The Morgan fingerprint density at radius 2 is 1.95 bits per heavy atom. The summed E-state index contributed by atoms with van der Waals surface area (Å²) in [6.45, 7) is 4.75. The van der Waals surface area contributed by atoms with Crippen molar-refractivity contribution in [1.82, 2.24) is 15.1 Å². The average molecular weight is 308 g/mol. The summed E-state index contributed by atoms with van der Waals surface area (Å²) < 4.78 is 24.3.